The third-order valence-electron chi connectivity index (χ3n) is 4.58. The van der Waals surface area contributed by atoms with Gasteiger partial charge in [0, 0.05) is 24.7 Å². The molecule has 3 aromatic carbocycles. The van der Waals surface area contributed by atoms with E-state index in [9.17, 15) is 4.79 Å². The molecule has 6 nitrogen and oxygen atoms in total. The van der Waals surface area contributed by atoms with Crippen LogP contribution in [0.15, 0.2) is 72.8 Å². The van der Waals surface area contributed by atoms with Gasteiger partial charge in [0.1, 0.15) is 13.2 Å². The Morgan fingerprint density at radius 1 is 0.793 bits per heavy atom. The van der Waals surface area contributed by atoms with Gasteiger partial charge in [0.2, 0.25) is 0 Å². The van der Waals surface area contributed by atoms with Crippen LogP contribution in [-0.4, -0.2) is 19.1 Å². The van der Waals surface area contributed by atoms with Crippen molar-refractivity contribution in [3.8, 4) is 11.5 Å². The number of ether oxygens (including phenoxy) is 2. The highest BCUT2D eigenvalue weighted by molar-refractivity contribution is 5.94. The van der Waals surface area contributed by atoms with Crippen molar-refractivity contribution in [2.24, 2.45) is 0 Å². The van der Waals surface area contributed by atoms with Crippen LogP contribution in [0.2, 0.25) is 0 Å². The van der Waals surface area contributed by atoms with E-state index < -0.39 is 0 Å². The SMILES string of the molecule is O=C(NNc1ccc2c(c1)OCCO2)c1ccc(CNCc2ccccc2)cc1. The van der Waals surface area contributed by atoms with E-state index in [-0.39, 0.29) is 5.91 Å². The maximum atomic E-state index is 12.4. The predicted octanol–water partition coefficient (Wildman–Crippen LogP) is 3.50. The molecule has 4 rings (SSSR count). The van der Waals surface area contributed by atoms with Gasteiger partial charge in [-0.25, -0.2) is 0 Å². The van der Waals surface area contributed by atoms with Crippen LogP contribution in [0.5, 0.6) is 11.5 Å². The van der Waals surface area contributed by atoms with Crippen LogP contribution in [0.25, 0.3) is 0 Å². The van der Waals surface area contributed by atoms with E-state index in [2.05, 4.69) is 28.3 Å². The highest BCUT2D eigenvalue weighted by Gasteiger charge is 2.12. The molecule has 1 aliphatic rings. The van der Waals surface area contributed by atoms with Crippen LogP contribution in [0.3, 0.4) is 0 Å². The van der Waals surface area contributed by atoms with Crippen molar-refractivity contribution >= 4 is 11.6 Å². The first kappa shape index (κ1) is 18.8. The topological polar surface area (TPSA) is 71.6 Å². The summed E-state index contributed by atoms with van der Waals surface area (Å²) in [6.45, 7) is 2.62. The molecule has 1 amide bonds. The lowest BCUT2D eigenvalue weighted by Crippen LogP contribution is -2.29. The average molecular weight is 389 g/mol. The van der Waals surface area contributed by atoms with Crippen molar-refractivity contribution in [2.45, 2.75) is 13.1 Å². The van der Waals surface area contributed by atoms with Crippen LogP contribution in [0.4, 0.5) is 5.69 Å². The molecule has 0 fully saturated rings. The summed E-state index contributed by atoms with van der Waals surface area (Å²) in [5, 5.41) is 3.40. The summed E-state index contributed by atoms with van der Waals surface area (Å²) in [5.41, 5.74) is 9.30. The quantitative estimate of drug-likeness (QED) is 0.540. The lowest BCUT2D eigenvalue weighted by Gasteiger charge is -2.19. The van der Waals surface area contributed by atoms with Crippen molar-refractivity contribution in [1.29, 1.82) is 0 Å². The summed E-state index contributed by atoms with van der Waals surface area (Å²) in [6, 6.07) is 23.3. The first-order chi connectivity index (χ1) is 14.3. The lowest BCUT2D eigenvalue weighted by molar-refractivity contribution is 0.0962. The zero-order valence-corrected chi connectivity index (χ0v) is 16.0. The van der Waals surface area contributed by atoms with Crippen molar-refractivity contribution in [3.05, 3.63) is 89.5 Å². The number of fused-ring (bicyclic) bond motifs is 1. The Morgan fingerprint density at radius 3 is 2.24 bits per heavy atom. The number of hydrogen-bond donors (Lipinski definition) is 3. The van der Waals surface area contributed by atoms with Crippen molar-refractivity contribution in [1.82, 2.24) is 10.7 Å². The van der Waals surface area contributed by atoms with Crippen LogP contribution in [-0.2, 0) is 13.1 Å². The van der Waals surface area contributed by atoms with Gasteiger partial charge in [0.25, 0.3) is 5.91 Å². The Morgan fingerprint density at radius 2 is 1.48 bits per heavy atom. The first-order valence-corrected chi connectivity index (χ1v) is 9.57. The molecular formula is C23H23N3O3. The molecule has 148 valence electrons. The molecule has 3 aromatic rings. The molecule has 0 atom stereocenters. The van der Waals surface area contributed by atoms with Gasteiger partial charge in [-0.3, -0.25) is 15.6 Å². The maximum absolute atomic E-state index is 12.4. The molecule has 0 aromatic heterocycles. The number of nitrogens with one attached hydrogen (secondary N) is 3. The van der Waals surface area contributed by atoms with Gasteiger partial charge in [0.15, 0.2) is 11.5 Å². The van der Waals surface area contributed by atoms with Gasteiger partial charge >= 0.3 is 0 Å². The van der Waals surface area contributed by atoms with Crippen LogP contribution < -0.4 is 25.6 Å². The number of hydrazine groups is 1. The molecule has 1 heterocycles. The summed E-state index contributed by atoms with van der Waals surface area (Å²) < 4.78 is 11.0. The minimum Gasteiger partial charge on any atom is -0.486 e. The van der Waals surface area contributed by atoms with Gasteiger partial charge in [-0.15, -0.1) is 0 Å². The van der Waals surface area contributed by atoms with Crippen LogP contribution in [0.1, 0.15) is 21.5 Å². The van der Waals surface area contributed by atoms with E-state index in [0.29, 0.717) is 30.3 Å². The number of rotatable bonds is 7. The smallest absolute Gasteiger partial charge is 0.269 e. The Bertz CT molecular complexity index is 959. The van der Waals surface area contributed by atoms with Gasteiger partial charge < -0.3 is 14.8 Å². The van der Waals surface area contributed by atoms with Crippen molar-refractivity contribution in [2.75, 3.05) is 18.6 Å². The molecule has 1 aliphatic heterocycles. The van der Waals surface area contributed by atoms with Crippen LogP contribution in [0, 0.1) is 0 Å². The number of carbonyl (C=O) groups is 1. The highest BCUT2D eigenvalue weighted by atomic mass is 16.6. The predicted molar refractivity (Wildman–Crippen MR) is 112 cm³/mol. The third kappa shape index (κ3) is 5.06. The summed E-state index contributed by atoms with van der Waals surface area (Å²) in [7, 11) is 0. The zero-order chi connectivity index (χ0) is 19.9. The van der Waals surface area contributed by atoms with Crippen molar-refractivity contribution in [3.63, 3.8) is 0 Å². The fraction of sp³-hybridized carbons (Fsp3) is 0.174. The van der Waals surface area contributed by atoms with Crippen molar-refractivity contribution < 1.29 is 14.3 Å². The number of carbonyl (C=O) groups excluding carboxylic acids is 1. The molecule has 0 saturated carbocycles. The normalized spacial score (nSPS) is 12.3. The largest absolute Gasteiger partial charge is 0.486 e. The van der Waals surface area contributed by atoms with E-state index in [0.717, 1.165) is 24.3 Å². The molecule has 0 radical (unpaired) electrons. The van der Waals surface area contributed by atoms with Gasteiger partial charge in [-0.1, -0.05) is 42.5 Å². The maximum Gasteiger partial charge on any atom is 0.269 e. The third-order valence-corrected chi connectivity index (χ3v) is 4.58. The molecule has 0 saturated heterocycles. The standard InChI is InChI=1S/C23H23N3O3/c27-23(26-25-20-10-11-21-22(14-20)29-13-12-28-21)19-8-6-18(7-9-19)16-24-15-17-4-2-1-3-5-17/h1-11,14,24-25H,12-13,15-16H2,(H,26,27). The highest BCUT2D eigenvalue weighted by Crippen LogP contribution is 2.32. The number of anilines is 1. The molecule has 29 heavy (non-hydrogen) atoms. The number of benzene rings is 3. The second-order valence-corrected chi connectivity index (χ2v) is 6.72. The van der Waals surface area contributed by atoms with Crippen LogP contribution >= 0.6 is 0 Å². The van der Waals surface area contributed by atoms with Gasteiger partial charge in [0.05, 0.1) is 5.69 Å². The molecule has 6 heteroatoms. The van der Waals surface area contributed by atoms with E-state index in [1.807, 2.05) is 54.6 Å². The zero-order valence-electron chi connectivity index (χ0n) is 16.0. The first-order valence-electron chi connectivity index (χ1n) is 9.57. The molecule has 0 unspecified atom stereocenters. The summed E-state index contributed by atoms with van der Waals surface area (Å²) in [5.74, 6) is 1.18. The number of amides is 1. The molecule has 3 N–H and O–H groups in total. The molecule has 0 aliphatic carbocycles. The Hall–Kier alpha value is -3.51. The Balaban J connectivity index is 1.26. The van der Waals surface area contributed by atoms with E-state index in [4.69, 9.17) is 9.47 Å². The Labute approximate surface area is 169 Å². The minimum atomic E-state index is -0.205. The molecule has 0 spiro atoms. The lowest BCUT2D eigenvalue weighted by atomic mass is 10.1. The summed E-state index contributed by atoms with van der Waals surface area (Å²) in [6.07, 6.45) is 0. The Kier molecular flexibility index (Phi) is 5.92. The average Bonchev–Trinajstić information content (AvgIpc) is 2.78. The second kappa shape index (κ2) is 9.12. The van der Waals surface area contributed by atoms with Gasteiger partial charge in [-0.05, 0) is 35.4 Å². The fourth-order valence-electron chi connectivity index (χ4n) is 3.04. The summed E-state index contributed by atoms with van der Waals surface area (Å²) in [4.78, 5) is 12.4. The van der Waals surface area contributed by atoms with E-state index in [1.165, 1.54) is 5.56 Å². The van der Waals surface area contributed by atoms with E-state index in [1.54, 1.807) is 6.07 Å². The molecular weight excluding hydrogens is 366 g/mol. The number of hydrogen-bond acceptors (Lipinski definition) is 5. The second-order valence-electron chi connectivity index (χ2n) is 6.72. The van der Waals surface area contributed by atoms with E-state index >= 15 is 0 Å². The van der Waals surface area contributed by atoms with Gasteiger partial charge in [-0.2, -0.15) is 0 Å². The monoisotopic (exact) mass is 389 g/mol. The minimum absolute atomic E-state index is 0.205. The molecule has 0 bridgehead atoms. The summed E-state index contributed by atoms with van der Waals surface area (Å²) >= 11 is 0. The fourth-order valence-corrected chi connectivity index (χ4v) is 3.04.